The predicted molar refractivity (Wildman–Crippen MR) is 62.9 cm³/mol. The molecule has 17 heavy (non-hydrogen) atoms. The number of hydrogen-bond donors (Lipinski definition) is 2. The van der Waals surface area contributed by atoms with Crippen LogP contribution in [0.1, 0.15) is 19.8 Å². The van der Waals surface area contributed by atoms with Gasteiger partial charge in [-0.25, -0.2) is 14.8 Å². The molecule has 1 heterocycles. The van der Waals surface area contributed by atoms with Gasteiger partial charge in [-0.2, -0.15) is 0 Å². The van der Waals surface area contributed by atoms with Gasteiger partial charge in [-0.05, 0) is 25.7 Å². The van der Waals surface area contributed by atoms with Gasteiger partial charge in [0.1, 0.15) is 12.1 Å². The number of nitrogens with zero attached hydrogens (tertiary/aromatic N) is 2. The molecule has 92 valence electrons. The van der Waals surface area contributed by atoms with Gasteiger partial charge in [-0.15, -0.1) is 0 Å². The van der Waals surface area contributed by atoms with Crippen LogP contribution in [0.15, 0.2) is 12.4 Å². The van der Waals surface area contributed by atoms with Gasteiger partial charge in [0.05, 0.1) is 7.11 Å². The number of methoxy groups -OCH3 is 1. The quantitative estimate of drug-likeness (QED) is 0.828. The number of urea groups is 1. The highest BCUT2D eigenvalue weighted by Gasteiger charge is 2.28. The number of rotatable bonds is 4. The molecule has 1 atom stereocenters. The summed E-state index contributed by atoms with van der Waals surface area (Å²) in [6.45, 7) is 2.01. The zero-order valence-corrected chi connectivity index (χ0v) is 9.93. The van der Waals surface area contributed by atoms with E-state index in [2.05, 4.69) is 20.6 Å². The summed E-state index contributed by atoms with van der Waals surface area (Å²) in [5, 5.41) is 5.53. The molecule has 6 nitrogen and oxygen atoms in total. The van der Waals surface area contributed by atoms with E-state index in [0.717, 1.165) is 0 Å². The molecule has 0 saturated heterocycles. The molecular formula is C11H16N4O2. The van der Waals surface area contributed by atoms with Crippen LogP contribution in [0, 0.1) is 5.92 Å². The number of carbonyl (C=O) groups is 1. The Bertz CT molecular complexity index is 406. The molecule has 1 aliphatic rings. The zero-order valence-electron chi connectivity index (χ0n) is 9.93. The van der Waals surface area contributed by atoms with E-state index >= 15 is 0 Å². The van der Waals surface area contributed by atoms with Crippen molar-refractivity contribution < 1.29 is 9.53 Å². The summed E-state index contributed by atoms with van der Waals surface area (Å²) < 4.78 is 4.94. The zero-order chi connectivity index (χ0) is 12.3. The standard InChI is InChI=1S/C11H16N4O2/c1-7(8-3-4-8)14-11(16)15-9-5-10(17-2)13-6-12-9/h5-8H,3-4H2,1-2H3,(H2,12,13,14,15,16). The highest BCUT2D eigenvalue weighted by molar-refractivity contribution is 5.88. The van der Waals surface area contributed by atoms with Gasteiger partial charge in [0.2, 0.25) is 5.88 Å². The first-order valence-electron chi connectivity index (χ1n) is 5.62. The molecule has 1 aromatic heterocycles. The molecule has 1 unspecified atom stereocenters. The molecule has 2 rings (SSSR count). The molecule has 0 bridgehead atoms. The fourth-order valence-corrected chi connectivity index (χ4v) is 1.59. The van der Waals surface area contributed by atoms with E-state index in [1.165, 1.54) is 26.3 Å². The Kier molecular flexibility index (Phi) is 3.41. The summed E-state index contributed by atoms with van der Waals surface area (Å²) in [4.78, 5) is 19.4. The molecule has 0 aliphatic heterocycles. The molecule has 0 aromatic carbocycles. The number of carbonyl (C=O) groups excluding carboxylic acids is 1. The van der Waals surface area contributed by atoms with Crippen molar-refractivity contribution in [3.05, 3.63) is 12.4 Å². The van der Waals surface area contributed by atoms with Crippen LogP contribution < -0.4 is 15.4 Å². The third-order valence-corrected chi connectivity index (χ3v) is 2.78. The second-order valence-electron chi connectivity index (χ2n) is 4.17. The minimum absolute atomic E-state index is 0.207. The lowest BCUT2D eigenvalue weighted by atomic mass is 10.2. The second-order valence-corrected chi connectivity index (χ2v) is 4.17. The minimum atomic E-state index is -0.245. The normalized spacial score (nSPS) is 16.1. The molecule has 1 fully saturated rings. The first kappa shape index (κ1) is 11.6. The van der Waals surface area contributed by atoms with E-state index in [9.17, 15) is 4.79 Å². The third kappa shape index (κ3) is 3.30. The van der Waals surface area contributed by atoms with Crippen molar-refractivity contribution in [3.8, 4) is 5.88 Å². The van der Waals surface area contributed by atoms with E-state index in [4.69, 9.17) is 4.74 Å². The molecule has 1 aliphatic carbocycles. The minimum Gasteiger partial charge on any atom is -0.481 e. The maximum Gasteiger partial charge on any atom is 0.320 e. The van der Waals surface area contributed by atoms with Crippen molar-refractivity contribution in [2.24, 2.45) is 5.92 Å². The summed E-state index contributed by atoms with van der Waals surface area (Å²) in [6, 6.07) is 1.53. The highest BCUT2D eigenvalue weighted by Crippen LogP contribution is 2.32. The van der Waals surface area contributed by atoms with Gasteiger partial charge < -0.3 is 10.1 Å². The Labute approximate surface area is 99.8 Å². The molecule has 6 heteroatoms. The number of nitrogens with one attached hydrogen (secondary N) is 2. The van der Waals surface area contributed by atoms with Gasteiger partial charge in [0.15, 0.2) is 0 Å². The van der Waals surface area contributed by atoms with Crippen molar-refractivity contribution in [1.29, 1.82) is 0 Å². The Morgan fingerprint density at radius 2 is 2.29 bits per heavy atom. The Morgan fingerprint density at radius 1 is 1.53 bits per heavy atom. The summed E-state index contributed by atoms with van der Waals surface area (Å²) in [5.74, 6) is 1.48. The van der Waals surface area contributed by atoms with Crippen molar-refractivity contribution in [2.75, 3.05) is 12.4 Å². The van der Waals surface area contributed by atoms with Crippen LogP contribution in [0.2, 0.25) is 0 Å². The first-order valence-corrected chi connectivity index (χ1v) is 5.62. The summed E-state index contributed by atoms with van der Waals surface area (Å²) in [5.41, 5.74) is 0. The summed E-state index contributed by atoms with van der Waals surface area (Å²) in [7, 11) is 1.52. The van der Waals surface area contributed by atoms with Gasteiger partial charge in [0.25, 0.3) is 0 Å². The molecule has 0 spiro atoms. The van der Waals surface area contributed by atoms with Gasteiger partial charge in [0, 0.05) is 12.1 Å². The largest absolute Gasteiger partial charge is 0.481 e. The van der Waals surface area contributed by atoms with E-state index in [1.54, 1.807) is 6.07 Å². The van der Waals surface area contributed by atoms with Crippen molar-refractivity contribution in [2.45, 2.75) is 25.8 Å². The SMILES string of the molecule is COc1cc(NC(=O)NC(C)C2CC2)ncn1. The third-order valence-electron chi connectivity index (χ3n) is 2.78. The monoisotopic (exact) mass is 236 g/mol. The van der Waals surface area contributed by atoms with E-state index in [0.29, 0.717) is 17.6 Å². The molecule has 2 amide bonds. The predicted octanol–water partition coefficient (Wildman–Crippen LogP) is 1.41. The van der Waals surface area contributed by atoms with Crippen LogP contribution >= 0.6 is 0 Å². The fourth-order valence-electron chi connectivity index (χ4n) is 1.59. The lowest BCUT2D eigenvalue weighted by molar-refractivity contribution is 0.248. The molecule has 0 radical (unpaired) electrons. The topological polar surface area (TPSA) is 76.1 Å². The molecule has 2 N–H and O–H groups in total. The number of amides is 2. The van der Waals surface area contributed by atoms with E-state index < -0.39 is 0 Å². The van der Waals surface area contributed by atoms with Gasteiger partial charge >= 0.3 is 6.03 Å². The van der Waals surface area contributed by atoms with Gasteiger partial charge in [-0.3, -0.25) is 5.32 Å². The van der Waals surface area contributed by atoms with Crippen LogP contribution in [-0.4, -0.2) is 29.2 Å². The van der Waals surface area contributed by atoms with Crippen molar-refractivity contribution in [3.63, 3.8) is 0 Å². The maximum absolute atomic E-state index is 11.6. The molecular weight excluding hydrogens is 220 g/mol. The lowest BCUT2D eigenvalue weighted by Crippen LogP contribution is -2.37. The van der Waals surface area contributed by atoms with Crippen LogP contribution in [0.3, 0.4) is 0 Å². The summed E-state index contributed by atoms with van der Waals surface area (Å²) in [6.07, 6.45) is 3.74. The van der Waals surface area contributed by atoms with Crippen LogP contribution in [0.25, 0.3) is 0 Å². The van der Waals surface area contributed by atoms with Crippen LogP contribution in [-0.2, 0) is 0 Å². The number of anilines is 1. The second kappa shape index (κ2) is 4.99. The van der Waals surface area contributed by atoms with E-state index in [-0.39, 0.29) is 12.1 Å². The van der Waals surface area contributed by atoms with Gasteiger partial charge in [-0.1, -0.05) is 0 Å². The Hall–Kier alpha value is -1.85. The first-order chi connectivity index (χ1) is 8.19. The fraction of sp³-hybridized carbons (Fsp3) is 0.545. The maximum atomic E-state index is 11.6. The average Bonchev–Trinajstić information content (AvgIpc) is 3.12. The smallest absolute Gasteiger partial charge is 0.320 e. The number of ether oxygens (including phenoxy) is 1. The number of hydrogen-bond acceptors (Lipinski definition) is 4. The Balaban J connectivity index is 1.88. The molecule has 1 aromatic rings. The Morgan fingerprint density at radius 3 is 2.94 bits per heavy atom. The van der Waals surface area contributed by atoms with Crippen LogP contribution in [0.5, 0.6) is 5.88 Å². The lowest BCUT2D eigenvalue weighted by Gasteiger charge is -2.13. The van der Waals surface area contributed by atoms with Crippen LogP contribution in [0.4, 0.5) is 10.6 Å². The van der Waals surface area contributed by atoms with Crippen molar-refractivity contribution >= 4 is 11.8 Å². The van der Waals surface area contributed by atoms with Crippen molar-refractivity contribution in [1.82, 2.24) is 15.3 Å². The average molecular weight is 236 g/mol. The summed E-state index contributed by atoms with van der Waals surface area (Å²) >= 11 is 0. The number of aromatic nitrogens is 2. The highest BCUT2D eigenvalue weighted by atomic mass is 16.5. The molecule has 1 saturated carbocycles. The van der Waals surface area contributed by atoms with E-state index in [1.807, 2.05) is 6.92 Å².